The van der Waals surface area contributed by atoms with Gasteiger partial charge in [-0.2, -0.15) is 0 Å². The van der Waals surface area contributed by atoms with Gasteiger partial charge in [-0.05, 0) is 32.4 Å². The number of sulfonamides is 1. The van der Waals surface area contributed by atoms with Crippen LogP contribution in [0.5, 0.6) is 11.5 Å². The van der Waals surface area contributed by atoms with Crippen molar-refractivity contribution in [1.29, 1.82) is 0 Å². The van der Waals surface area contributed by atoms with Gasteiger partial charge in [-0.25, -0.2) is 18.1 Å². The van der Waals surface area contributed by atoms with Crippen molar-refractivity contribution >= 4 is 10.0 Å². The number of rotatable bonds is 10. The fourth-order valence-corrected chi connectivity index (χ4v) is 3.26. The lowest BCUT2D eigenvalue weighted by atomic mass is 10.3. The van der Waals surface area contributed by atoms with Gasteiger partial charge in [-0.15, -0.1) is 0 Å². The van der Waals surface area contributed by atoms with E-state index in [1.807, 2.05) is 24.6 Å². The maximum absolute atomic E-state index is 12.4. The van der Waals surface area contributed by atoms with Crippen LogP contribution >= 0.6 is 0 Å². The number of aromatic nitrogens is 2. The maximum Gasteiger partial charge on any atom is 0.240 e. The lowest BCUT2D eigenvalue weighted by Gasteiger charge is -2.13. The number of ether oxygens (including phenoxy) is 2. The van der Waals surface area contributed by atoms with Crippen molar-refractivity contribution in [2.75, 3.05) is 19.8 Å². The Bertz CT molecular complexity index is 730. The average molecular weight is 353 g/mol. The summed E-state index contributed by atoms with van der Waals surface area (Å²) in [6.45, 7) is 5.67. The highest BCUT2D eigenvalue weighted by molar-refractivity contribution is 7.89. The topological polar surface area (TPSA) is 82.5 Å². The predicted molar refractivity (Wildman–Crippen MR) is 90.8 cm³/mol. The number of benzene rings is 1. The molecule has 2 rings (SSSR count). The molecule has 24 heavy (non-hydrogen) atoms. The Morgan fingerprint density at radius 3 is 2.58 bits per heavy atom. The molecular weight excluding hydrogens is 330 g/mol. The molecule has 1 heterocycles. The lowest BCUT2D eigenvalue weighted by Crippen LogP contribution is -2.25. The second kappa shape index (κ2) is 8.70. The molecule has 2 aromatic rings. The van der Waals surface area contributed by atoms with Crippen molar-refractivity contribution in [2.24, 2.45) is 0 Å². The van der Waals surface area contributed by atoms with Crippen LogP contribution in [-0.4, -0.2) is 37.7 Å². The van der Waals surface area contributed by atoms with Crippen LogP contribution in [0.1, 0.15) is 20.3 Å². The molecule has 0 bridgehead atoms. The molecule has 0 amide bonds. The minimum absolute atomic E-state index is 0.164. The predicted octanol–water partition coefficient (Wildman–Crippen LogP) is 2.05. The van der Waals surface area contributed by atoms with E-state index in [4.69, 9.17) is 9.47 Å². The van der Waals surface area contributed by atoms with E-state index in [1.165, 1.54) is 12.1 Å². The average Bonchev–Trinajstić information content (AvgIpc) is 3.07. The Hall–Kier alpha value is -2.06. The first-order valence-electron chi connectivity index (χ1n) is 7.92. The monoisotopic (exact) mass is 353 g/mol. The molecule has 1 aromatic heterocycles. The van der Waals surface area contributed by atoms with E-state index in [1.54, 1.807) is 18.6 Å². The summed E-state index contributed by atoms with van der Waals surface area (Å²) in [5, 5.41) is 0. The zero-order chi connectivity index (χ0) is 17.4. The van der Waals surface area contributed by atoms with Gasteiger partial charge in [0.15, 0.2) is 11.5 Å². The molecule has 0 atom stereocenters. The van der Waals surface area contributed by atoms with Crippen molar-refractivity contribution < 1.29 is 17.9 Å². The second-order valence-electron chi connectivity index (χ2n) is 5.03. The molecule has 0 saturated carbocycles. The van der Waals surface area contributed by atoms with Gasteiger partial charge >= 0.3 is 0 Å². The standard InChI is InChI=1S/C16H23N3O4S/c1-3-22-15-7-6-14(12-16(15)23-4-2)24(20,21)18-8-5-10-19-11-9-17-13-19/h6-7,9,11-13,18H,3-5,8,10H2,1-2H3. The first-order chi connectivity index (χ1) is 11.6. The van der Waals surface area contributed by atoms with E-state index in [9.17, 15) is 8.42 Å². The quantitative estimate of drug-likeness (QED) is 0.661. The molecule has 0 saturated heterocycles. The highest BCUT2D eigenvalue weighted by Crippen LogP contribution is 2.30. The number of imidazole rings is 1. The van der Waals surface area contributed by atoms with Crippen molar-refractivity contribution in [3.05, 3.63) is 36.9 Å². The smallest absolute Gasteiger partial charge is 0.240 e. The van der Waals surface area contributed by atoms with Gasteiger partial charge in [0.1, 0.15) is 0 Å². The molecule has 0 aliphatic rings. The molecule has 0 unspecified atom stereocenters. The molecule has 1 N–H and O–H groups in total. The highest BCUT2D eigenvalue weighted by atomic mass is 32.2. The first-order valence-corrected chi connectivity index (χ1v) is 9.40. The molecule has 0 spiro atoms. The van der Waals surface area contributed by atoms with Gasteiger partial charge < -0.3 is 14.0 Å². The molecular formula is C16H23N3O4S. The van der Waals surface area contributed by atoms with Crippen molar-refractivity contribution in [3.8, 4) is 11.5 Å². The van der Waals surface area contributed by atoms with Gasteiger partial charge in [-0.1, -0.05) is 0 Å². The number of hydrogen-bond donors (Lipinski definition) is 1. The summed E-state index contributed by atoms with van der Waals surface area (Å²) in [4.78, 5) is 4.11. The summed E-state index contributed by atoms with van der Waals surface area (Å²) in [7, 11) is -3.58. The third-order valence-electron chi connectivity index (χ3n) is 3.27. The Morgan fingerprint density at radius 1 is 1.17 bits per heavy atom. The summed E-state index contributed by atoms with van der Waals surface area (Å²) >= 11 is 0. The van der Waals surface area contributed by atoms with E-state index in [0.717, 1.165) is 0 Å². The van der Waals surface area contributed by atoms with E-state index >= 15 is 0 Å². The van der Waals surface area contributed by atoms with E-state index in [0.29, 0.717) is 44.2 Å². The minimum atomic E-state index is -3.58. The zero-order valence-corrected chi connectivity index (χ0v) is 14.8. The lowest BCUT2D eigenvalue weighted by molar-refractivity contribution is 0.287. The van der Waals surface area contributed by atoms with Gasteiger partial charge in [0.2, 0.25) is 10.0 Å². The van der Waals surface area contributed by atoms with Crippen LogP contribution < -0.4 is 14.2 Å². The van der Waals surface area contributed by atoms with Gasteiger partial charge in [0.05, 0.1) is 24.4 Å². The Balaban J connectivity index is 2.00. The minimum Gasteiger partial charge on any atom is -0.490 e. The summed E-state index contributed by atoms with van der Waals surface area (Å²) in [5.41, 5.74) is 0. The fraction of sp³-hybridized carbons (Fsp3) is 0.438. The third-order valence-corrected chi connectivity index (χ3v) is 4.73. The molecule has 0 radical (unpaired) electrons. The van der Waals surface area contributed by atoms with E-state index in [-0.39, 0.29) is 4.90 Å². The maximum atomic E-state index is 12.4. The molecule has 7 nitrogen and oxygen atoms in total. The highest BCUT2D eigenvalue weighted by Gasteiger charge is 2.16. The largest absolute Gasteiger partial charge is 0.490 e. The normalized spacial score (nSPS) is 11.4. The molecule has 8 heteroatoms. The second-order valence-corrected chi connectivity index (χ2v) is 6.79. The van der Waals surface area contributed by atoms with Crippen LogP contribution in [0.3, 0.4) is 0 Å². The number of hydrogen-bond acceptors (Lipinski definition) is 5. The number of aryl methyl sites for hydroxylation is 1. The number of nitrogens with zero attached hydrogens (tertiary/aromatic N) is 2. The van der Waals surface area contributed by atoms with Crippen LogP contribution in [-0.2, 0) is 16.6 Å². The first kappa shape index (κ1) is 18.3. The Labute approximate surface area is 142 Å². The molecule has 0 aliphatic carbocycles. The summed E-state index contributed by atoms with van der Waals surface area (Å²) < 4.78 is 40.2. The fourth-order valence-electron chi connectivity index (χ4n) is 2.17. The number of nitrogens with one attached hydrogen (secondary N) is 1. The van der Waals surface area contributed by atoms with Crippen LogP contribution in [0.15, 0.2) is 41.8 Å². The van der Waals surface area contributed by atoms with Gasteiger partial charge in [-0.3, -0.25) is 0 Å². The van der Waals surface area contributed by atoms with Crippen LogP contribution in [0, 0.1) is 0 Å². The van der Waals surface area contributed by atoms with Crippen LogP contribution in [0.2, 0.25) is 0 Å². The molecule has 0 aliphatic heterocycles. The van der Waals surface area contributed by atoms with Crippen LogP contribution in [0.25, 0.3) is 0 Å². The zero-order valence-electron chi connectivity index (χ0n) is 13.9. The molecule has 1 aromatic carbocycles. The summed E-state index contributed by atoms with van der Waals surface area (Å²) in [6, 6.07) is 4.63. The van der Waals surface area contributed by atoms with Crippen molar-refractivity contribution in [3.63, 3.8) is 0 Å². The van der Waals surface area contributed by atoms with E-state index in [2.05, 4.69) is 9.71 Å². The Morgan fingerprint density at radius 2 is 1.92 bits per heavy atom. The van der Waals surface area contributed by atoms with Gasteiger partial charge in [0.25, 0.3) is 0 Å². The van der Waals surface area contributed by atoms with E-state index < -0.39 is 10.0 Å². The third kappa shape index (κ3) is 4.97. The summed E-state index contributed by atoms with van der Waals surface area (Å²) in [6.07, 6.45) is 5.91. The van der Waals surface area contributed by atoms with Crippen LogP contribution in [0.4, 0.5) is 0 Å². The summed E-state index contributed by atoms with van der Waals surface area (Å²) in [5.74, 6) is 0.971. The van der Waals surface area contributed by atoms with Gasteiger partial charge in [0, 0.05) is 31.5 Å². The Kier molecular flexibility index (Phi) is 6.62. The SMILES string of the molecule is CCOc1ccc(S(=O)(=O)NCCCn2ccnc2)cc1OCC. The molecule has 0 fully saturated rings. The van der Waals surface area contributed by atoms with Crippen molar-refractivity contribution in [2.45, 2.75) is 31.7 Å². The molecule has 132 valence electrons. The van der Waals surface area contributed by atoms with Crippen molar-refractivity contribution in [1.82, 2.24) is 14.3 Å².